The number of carbonyl (C=O) groups is 1. The number of pyridine rings is 1. The summed E-state index contributed by atoms with van der Waals surface area (Å²) in [5.41, 5.74) is 4.56. The fraction of sp³-hybridized carbons (Fsp3) is 0.278. The Morgan fingerprint density at radius 3 is 2.71 bits per heavy atom. The van der Waals surface area contributed by atoms with Crippen LogP contribution >= 0.6 is 11.6 Å². The van der Waals surface area contributed by atoms with Crippen molar-refractivity contribution in [2.45, 2.75) is 34.2 Å². The number of anilines is 1. The molecule has 2 aromatic heterocycles. The highest BCUT2D eigenvalue weighted by atomic mass is 35.5. The maximum atomic E-state index is 12.9. The summed E-state index contributed by atoms with van der Waals surface area (Å²) < 4.78 is 1.82. The van der Waals surface area contributed by atoms with E-state index in [-0.39, 0.29) is 5.91 Å². The molecule has 6 heteroatoms. The van der Waals surface area contributed by atoms with E-state index in [9.17, 15) is 4.79 Å². The summed E-state index contributed by atoms with van der Waals surface area (Å²) in [7, 11) is 0. The topological polar surface area (TPSA) is 59.8 Å². The van der Waals surface area contributed by atoms with Crippen LogP contribution in [-0.4, -0.2) is 20.7 Å². The van der Waals surface area contributed by atoms with Crippen LogP contribution in [0.3, 0.4) is 0 Å². The molecule has 24 heavy (non-hydrogen) atoms. The lowest BCUT2D eigenvalue weighted by atomic mass is 10.1. The fourth-order valence-corrected chi connectivity index (χ4v) is 2.97. The Morgan fingerprint density at radius 2 is 2.00 bits per heavy atom. The molecule has 0 aliphatic heterocycles. The Balaban J connectivity index is 2.10. The Labute approximate surface area is 145 Å². The third kappa shape index (κ3) is 2.87. The predicted octanol–water partition coefficient (Wildman–Crippen LogP) is 4.28. The van der Waals surface area contributed by atoms with Crippen LogP contribution in [0.4, 0.5) is 5.69 Å². The van der Waals surface area contributed by atoms with E-state index in [1.54, 1.807) is 18.2 Å². The summed E-state index contributed by atoms with van der Waals surface area (Å²) in [5.74, 6) is -0.186. The lowest BCUT2D eigenvalue weighted by molar-refractivity contribution is 0.102. The van der Waals surface area contributed by atoms with Gasteiger partial charge in [0.05, 0.1) is 16.6 Å². The van der Waals surface area contributed by atoms with Crippen LogP contribution in [0.1, 0.15) is 34.2 Å². The van der Waals surface area contributed by atoms with Crippen LogP contribution < -0.4 is 5.32 Å². The number of halogens is 1. The molecule has 0 radical (unpaired) electrons. The molecule has 0 fully saturated rings. The molecule has 3 rings (SSSR count). The number of benzene rings is 1. The first-order chi connectivity index (χ1) is 11.4. The number of hydrogen-bond acceptors (Lipinski definition) is 3. The number of nitrogens with one attached hydrogen (secondary N) is 1. The van der Waals surface area contributed by atoms with Crippen LogP contribution in [0.5, 0.6) is 0 Å². The quantitative estimate of drug-likeness (QED) is 0.772. The standard InChI is InChI=1S/C18H19ClN4O/c1-5-23-17-16(12(4)22-23)14(8-11(3)20-17)18(24)21-15-9-13(19)7-6-10(15)2/h6-9H,5H2,1-4H3,(H,21,24). The lowest BCUT2D eigenvalue weighted by Crippen LogP contribution is -2.14. The van der Waals surface area contributed by atoms with Gasteiger partial charge in [-0.1, -0.05) is 17.7 Å². The first kappa shape index (κ1) is 16.5. The number of amides is 1. The molecule has 0 saturated carbocycles. The van der Waals surface area contributed by atoms with E-state index >= 15 is 0 Å². The van der Waals surface area contributed by atoms with Gasteiger partial charge < -0.3 is 5.32 Å². The fourth-order valence-electron chi connectivity index (χ4n) is 2.80. The van der Waals surface area contributed by atoms with Crippen molar-refractivity contribution in [2.24, 2.45) is 0 Å². The highest BCUT2D eigenvalue weighted by Gasteiger charge is 2.19. The van der Waals surface area contributed by atoms with Crippen molar-refractivity contribution in [3.05, 3.63) is 51.8 Å². The third-order valence-electron chi connectivity index (χ3n) is 4.00. The van der Waals surface area contributed by atoms with E-state index in [1.807, 2.05) is 38.4 Å². The Bertz CT molecular complexity index is 946. The molecular weight excluding hydrogens is 324 g/mol. The first-order valence-corrected chi connectivity index (χ1v) is 8.20. The van der Waals surface area contributed by atoms with E-state index in [4.69, 9.17) is 11.6 Å². The molecule has 1 N–H and O–H groups in total. The molecule has 1 aromatic carbocycles. The van der Waals surface area contributed by atoms with E-state index in [0.29, 0.717) is 22.8 Å². The highest BCUT2D eigenvalue weighted by molar-refractivity contribution is 6.31. The normalized spacial score (nSPS) is 11.0. The lowest BCUT2D eigenvalue weighted by Gasteiger charge is -2.10. The summed E-state index contributed by atoms with van der Waals surface area (Å²) in [4.78, 5) is 17.4. The van der Waals surface area contributed by atoms with Crippen LogP contribution in [0.25, 0.3) is 11.0 Å². The van der Waals surface area contributed by atoms with E-state index in [1.165, 1.54) is 0 Å². The van der Waals surface area contributed by atoms with E-state index < -0.39 is 0 Å². The van der Waals surface area contributed by atoms with Gasteiger partial charge in [0.2, 0.25) is 0 Å². The zero-order valence-corrected chi connectivity index (χ0v) is 14.9. The van der Waals surface area contributed by atoms with Crippen molar-refractivity contribution in [1.82, 2.24) is 14.8 Å². The number of fused-ring (bicyclic) bond motifs is 1. The number of aryl methyl sites for hydroxylation is 4. The van der Waals surface area contributed by atoms with Crippen LogP contribution in [0.15, 0.2) is 24.3 Å². The van der Waals surface area contributed by atoms with E-state index in [0.717, 1.165) is 28.0 Å². The Kier molecular flexibility index (Phi) is 4.28. The zero-order chi connectivity index (χ0) is 17.4. The Morgan fingerprint density at radius 1 is 1.25 bits per heavy atom. The molecule has 0 spiro atoms. The van der Waals surface area contributed by atoms with Gasteiger partial charge in [0, 0.05) is 22.9 Å². The molecule has 3 aromatic rings. The Hall–Kier alpha value is -2.40. The number of aromatic nitrogens is 3. The third-order valence-corrected chi connectivity index (χ3v) is 4.23. The van der Waals surface area contributed by atoms with Crippen molar-refractivity contribution in [2.75, 3.05) is 5.32 Å². The molecule has 0 aliphatic rings. The SMILES string of the molecule is CCn1nc(C)c2c(C(=O)Nc3cc(Cl)ccc3C)cc(C)nc21. The van der Waals surface area contributed by atoms with Gasteiger partial charge in [0.1, 0.15) is 0 Å². The minimum Gasteiger partial charge on any atom is -0.322 e. The summed E-state index contributed by atoms with van der Waals surface area (Å²) in [6, 6.07) is 7.23. The van der Waals surface area contributed by atoms with Crippen molar-refractivity contribution in [3.63, 3.8) is 0 Å². The number of nitrogens with zero attached hydrogens (tertiary/aromatic N) is 3. The number of hydrogen-bond donors (Lipinski definition) is 1. The van der Waals surface area contributed by atoms with Crippen LogP contribution in [0.2, 0.25) is 5.02 Å². The van der Waals surface area contributed by atoms with Gasteiger partial charge >= 0.3 is 0 Å². The molecule has 0 aliphatic carbocycles. The number of carbonyl (C=O) groups excluding carboxylic acids is 1. The largest absolute Gasteiger partial charge is 0.322 e. The predicted molar refractivity (Wildman–Crippen MR) is 96.8 cm³/mol. The van der Waals surface area contributed by atoms with E-state index in [2.05, 4.69) is 15.4 Å². The second-order valence-corrected chi connectivity index (χ2v) is 6.26. The van der Waals surface area contributed by atoms with Crippen molar-refractivity contribution < 1.29 is 4.79 Å². The van der Waals surface area contributed by atoms with Gasteiger partial charge in [-0.05, 0) is 51.5 Å². The summed E-state index contributed by atoms with van der Waals surface area (Å²) in [6.07, 6.45) is 0. The van der Waals surface area contributed by atoms with Gasteiger partial charge in [-0.2, -0.15) is 5.10 Å². The average molecular weight is 343 g/mol. The van der Waals surface area contributed by atoms with Gasteiger partial charge in [-0.15, -0.1) is 0 Å². The second-order valence-electron chi connectivity index (χ2n) is 5.82. The van der Waals surface area contributed by atoms with Crippen molar-refractivity contribution >= 4 is 34.2 Å². The minimum absolute atomic E-state index is 0.186. The summed E-state index contributed by atoms with van der Waals surface area (Å²) in [5, 5.41) is 8.81. The molecule has 124 valence electrons. The van der Waals surface area contributed by atoms with Crippen LogP contribution in [0, 0.1) is 20.8 Å². The van der Waals surface area contributed by atoms with Crippen molar-refractivity contribution in [3.8, 4) is 0 Å². The zero-order valence-electron chi connectivity index (χ0n) is 14.1. The van der Waals surface area contributed by atoms with Crippen LogP contribution in [-0.2, 0) is 6.54 Å². The second kappa shape index (κ2) is 6.24. The maximum absolute atomic E-state index is 12.9. The van der Waals surface area contributed by atoms with Gasteiger partial charge in [0.25, 0.3) is 5.91 Å². The molecule has 5 nitrogen and oxygen atoms in total. The summed E-state index contributed by atoms with van der Waals surface area (Å²) >= 11 is 6.04. The highest BCUT2D eigenvalue weighted by Crippen LogP contribution is 2.25. The number of rotatable bonds is 3. The molecule has 0 unspecified atom stereocenters. The van der Waals surface area contributed by atoms with Gasteiger partial charge in [-0.3, -0.25) is 4.79 Å². The molecule has 2 heterocycles. The molecule has 0 saturated heterocycles. The minimum atomic E-state index is -0.186. The average Bonchev–Trinajstić information content (AvgIpc) is 2.86. The summed E-state index contributed by atoms with van der Waals surface area (Å²) in [6.45, 7) is 8.41. The molecule has 1 amide bonds. The molecular formula is C18H19ClN4O. The van der Waals surface area contributed by atoms with Gasteiger partial charge in [-0.25, -0.2) is 9.67 Å². The molecule has 0 atom stereocenters. The first-order valence-electron chi connectivity index (χ1n) is 7.83. The van der Waals surface area contributed by atoms with Crippen molar-refractivity contribution in [1.29, 1.82) is 0 Å². The molecule has 0 bridgehead atoms. The smallest absolute Gasteiger partial charge is 0.256 e. The van der Waals surface area contributed by atoms with Gasteiger partial charge in [0.15, 0.2) is 5.65 Å². The maximum Gasteiger partial charge on any atom is 0.256 e. The monoisotopic (exact) mass is 342 g/mol.